The molecule has 16 heavy (non-hydrogen) atoms. The van der Waals surface area contributed by atoms with E-state index in [2.05, 4.69) is 10.1 Å². The minimum Gasteiger partial charge on any atom is -0.396 e. The van der Waals surface area contributed by atoms with E-state index in [4.69, 9.17) is 11.5 Å². The minimum absolute atomic E-state index is 0.164. The minimum atomic E-state index is -0.592. The number of amides is 1. The highest BCUT2D eigenvalue weighted by molar-refractivity contribution is 5.91. The van der Waals surface area contributed by atoms with Gasteiger partial charge in [0.1, 0.15) is 5.69 Å². The van der Waals surface area contributed by atoms with Crippen LogP contribution in [0.1, 0.15) is 16.1 Å². The van der Waals surface area contributed by atoms with Crippen LogP contribution in [0.4, 0.5) is 5.69 Å². The number of nitrogens with two attached hydrogens (primary N) is 2. The van der Waals surface area contributed by atoms with Crippen molar-refractivity contribution < 1.29 is 4.79 Å². The first-order valence-corrected chi connectivity index (χ1v) is 4.66. The summed E-state index contributed by atoms with van der Waals surface area (Å²) >= 11 is 0. The molecule has 0 atom stereocenters. The lowest BCUT2D eigenvalue weighted by Crippen LogP contribution is -2.15. The maximum absolute atomic E-state index is 11.0. The summed E-state index contributed by atoms with van der Waals surface area (Å²) in [6, 6.07) is 3.07. The summed E-state index contributed by atoms with van der Waals surface area (Å²) in [7, 11) is 0. The molecule has 1 amide bonds. The normalized spacial score (nSPS) is 10.3. The van der Waals surface area contributed by atoms with Gasteiger partial charge < -0.3 is 11.5 Å². The maximum Gasteiger partial charge on any atom is 0.267 e. The van der Waals surface area contributed by atoms with Crippen LogP contribution in [0.2, 0.25) is 0 Å². The second kappa shape index (κ2) is 3.65. The van der Waals surface area contributed by atoms with Crippen molar-refractivity contribution >= 4 is 11.6 Å². The van der Waals surface area contributed by atoms with Crippen LogP contribution in [0.3, 0.4) is 0 Å². The van der Waals surface area contributed by atoms with Gasteiger partial charge in [0, 0.05) is 6.20 Å². The van der Waals surface area contributed by atoms with Crippen LogP contribution in [0.25, 0.3) is 5.82 Å². The van der Waals surface area contributed by atoms with E-state index >= 15 is 0 Å². The highest BCUT2D eigenvalue weighted by Crippen LogP contribution is 2.14. The summed E-state index contributed by atoms with van der Waals surface area (Å²) in [5.74, 6) is -0.186. The van der Waals surface area contributed by atoms with Crippen molar-refractivity contribution in [2.75, 3.05) is 5.73 Å². The molecule has 2 rings (SSSR count). The topological polar surface area (TPSA) is 99.8 Å². The van der Waals surface area contributed by atoms with E-state index in [9.17, 15) is 4.79 Å². The van der Waals surface area contributed by atoms with Crippen LogP contribution in [0, 0.1) is 6.92 Å². The molecule has 0 bridgehead atoms. The Morgan fingerprint density at radius 1 is 1.44 bits per heavy atom. The van der Waals surface area contributed by atoms with Crippen LogP contribution in [0.5, 0.6) is 0 Å². The van der Waals surface area contributed by atoms with Crippen LogP contribution in [-0.2, 0) is 0 Å². The molecule has 0 spiro atoms. The van der Waals surface area contributed by atoms with Gasteiger partial charge in [-0.1, -0.05) is 0 Å². The second-order valence-corrected chi connectivity index (χ2v) is 3.44. The van der Waals surface area contributed by atoms with Gasteiger partial charge in [-0.2, -0.15) is 5.10 Å². The smallest absolute Gasteiger partial charge is 0.267 e. The fourth-order valence-corrected chi connectivity index (χ4v) is 1.31. The quantitative estimate of drug-likeness (QED) is 0.753. The molecule has 0 fully saturated rings. The number of pyridine rings is 1. The number of hydrogen-bond donors (Lipinski definition) is 2. The van der Waals surface area contributed by atoms with E-state index in [0.29, 0.717) is 11.5 Å². The molecule has 0 radical (unpaired) electrons. The summed E-state index contributed by atoms with van der Waals surface area (Å²) in [6.45, 7) is 1.90. The fourth-order valence-electron chi connectivity index (χ4n) is 1.31. The number of anilines is 1. The maximum atomic E-state index is 11.0. The van der Waals surface area contributed by atoms with Gasteiger partial charge in [0.25, 0.3) is 5.91 Å². The van der Waals surface area contributed by atoms with Crippen molar-refractivity contribution in [2.45, 2.75) is 6.92 Å². The molecule has 0 saturated heterocycles. The van der Waals surface area contributed by atoms with Crippen LogP contribution in [-0.4, -0.2) is 20.7 Å². The number of nitrogen functional groups attached to an aromatic ring is 1. The first kappa shape index (κ1) is 10.2. The highest BCUT2D eigenvalue weighted by Gasteiger charge is 2.09. The van der Waals surface area contributed by atoms with E-state index in [1.165, 1.54) is 10.7 Å². The number of carbonyl (C=O) groups excluding carboxylic acids is 1. The van der Waals surface area contributed by atoms with Gasteiger partial charge in [-0.25, -0.2) is 9.67 Å². The average Bonchev–Trinajstić information content (AvgIpc) is 2.65. The molecule has 4 N–H and O–H groups in total. The molecule has 2 aromatic heterocycles. The number of nitrogens with zero attached hydrogens (tertiary/aromatic N) is 3. The van der Waals surface area contributed by atoms with Crippen LogP contribution >= 0.6 is 0 Å². The molecule has 2 aromatic rings. The average molecular weight is 217 g/mol. The summed E-state index contributed by atoms with van der Waals surface area (Å²) in [5.41, 5.74) is 12.5. The van der Waals surface area contributed by atoms with Gasteiger partial charge in [-0.15, -0.1) is 0 Å². The Morgan fingerprint density at radius 3 is 2.75 bits per heavy atom. The third kappa shape index (κ3) is 1.72. The fraction of sp³-hybridized carbons (Fsp3) is 0.100. The van der Waals surface area contributed by atoms with Gasteiger partial charge >= 0.3 is 0 Å². The number of hydrogen-bond acceptors (Lipinski definition) is 4. The van der Waals surface area contributed by atoms with Gasteiger partial charge in [0.2, 0.25) is 0 Å². The van der Waals surface area contributed by atoms with Crippen molar-refractivity contribution in [1.29, 1.82) is 0 Å². The molecule has 0 saturated carbocycles. The number of rotatable bonds is 2. The van der Waals surface area contributed by atoms with Crippen molar-refractivity contribution in [2.24, 2.45) is 5.73 Å². The van der Waals surface area contributed by atoms with Crippen LogP contribution in [0.15, 0.2) is 24.5 Å². The molecule has 0 aliphatic carbocycles. The lowest BCUT2D eigenvalue weighted by atomic mass is 10.3. The lowest BCUT2D eigenvalue weighted by molar-refractivity contribution is 0.0995. The van der Waals surface area contributed by atoms with Gasteiger partial charge in [-0.05, 0) is 24.6 Å². The third-order valence-corrected chi connectivity index (χ3v) is 2.09. The molecule has 6 nitrogen and oxygen atoms in total. The van der Waals surface area contributed by atoms with Crippen LogP contribution < -0.4 is 11.5 Å². The Labute approximate surface area is 91.9 Å². The van der Waals surface area contributed by atoms with E-state index in [0.717, 1.165) is 5.56 Å². The van der Waals surface area contributed by atoms with Crippen molar-refractivity contribution in [3.63, 3.8) is 0 Å². The van der Waals surface area contributed by atoms with Crippen molar-refractivity contribution in [1.82, 2.24) is 14.8 Å². The molecule has 6 heteroatoms. The first-order chi connectivity index (χ1) is 7.58. The van der Waals surface area contributed by atoms with E-state index in [1.807, 2.05) is 6.92 Å². The number of primary amides is 1. The zero-order chi connectivity index (χ0) is 11.7. The third-order valence-electron chi connectivity index (χ3n) is 2.09. The van der Waals surface area contributed by atoms with E-state index in [-0.39, 0.29) is 5.69 Å². The Hall–Kier alpha value is -2.37. The Bertz CT molecular complexity index is 546. The van der Waals surface area contributed by atoms with Gasteiger partial charge in [0.15, 0.2) is 5.82 Å². The largest absolute Gasteiger partial charge is 0.396 e. The molecular weight excluding hydrogens is 206 g/mol. The first-order valence-electron chi connectivity index (χ1n) is 4.66. The molecule has 0 unspecified atom stereocenters. The summed E-state index contributed by atoms with van der Waals surface area (Å²) in [6.07, 6.45) is 3.45. The number of aryl methyl sites for hydroxylation is 1. The predicted octanol–water partition coefficient (Wildman–Crippen LogP) is 0.257. The summed E-state index contributed by atoms with van der Waals surface area (Å²) in [4.78, 5) is 15.0. The Balaban J connectivity index is 2.55. The molecular formula is C10H11N5O. The predicted molar refractivity (Wildman–Crippen MR) is 59.0 cm³/mol. The Morgan fingerprint density at radius 2 is 2.19 bits per heavy atom. The summed E-state index contributed by atoms with van der Waals surface area (Å²) < 4.78 is 1.51. The number of carbonyl (C=O) groups is 1. The molecule has 2 heterocycles. The molecule has 0 aliphatic heterocycles. The monoisotopic (exact) mass is 217 g/mol. The van der Waals surface area contributed by atoms with Crippen molar-refractivity contribution in [3.05, 3.63) is 35.8 Å². The molecule has 0 aliphatic rings. The molecule has 0 aromatic carbocycles. The van der Waals surface area contributed by atoms with Crippen molar-refractivity contribution in [3.8, 4) is 5.82 Å². The second-order valence-electron chi connectivity index (χ2n) is 3.44. The zero-order valence-electron chi connectivity index (χ0n) is 8.71. The standard InChI is InChI=1S/C10H11N5O/c1-6-4-13-15(5-6)10-7(11)2-3-8(14-10)9(12)16/h2-5H,11H2,1H3,(H2,12,16). The summed E-state index contributed by atoms with van der Waals surface area (Å²) in [5, 5.41) is 4.07. The lowest BCUT2D eigenvalue weighted by Gasteiger charge is -2.05. The molecule has 82 valence electrons. The van der Waals surface area contributed by atoms with Gasteiger partial charge in [0.05, 0.1) is 11.9 Å². The SMILES string of the molecule is Cc1cnn(-c2nc(C(N)=O)ccc2N)c1. The van der Waals surface area contributed by atoms with Gasteiger partial charge in [-0.3, -0.25) is 4.79 Å². The zero-order valence-corrected chi connectivity index (χ0v) is 8.71. The highest BCUT2D eigenvalue weighted by atomic mass is 16.1. The number of aromatic nitrogens is 3. The van der Waals surface area contributed by atoms with E-state index in [1.54, 1.807) is 18.5 Å². The Kier molecular flexibility index (Phi) is 2.32. The van der Waals surface area contributed by atoms with E-state index < -0.39 is 5.91 Å².